The molecule has 2 aliphatic heterocycles. The van der Waals surface area contributed by atoms with Gasteiger partial charge in [-0.1, -0.05) is 13.0 Å². The molecule has 2 N–H and O–H groups in total. The van der Waals surface area contributed by atoms with E-state index >= 15 is 0 Å². The Kier molecular flexibility index (Phi) is 3.31. The van der Waals surface area contributed by atoms with E-state index in [2.05, 4.69) is 6.92 Å². The van der Waals surface area contributed by atoms with Gasteiger partial charge in [-0.25, -0.2) is 8.42 Å². The number of furan rings is 1. The van der Waals surface area contributed by atoms with Gasteiger partial charge in [0.15, 0.2) is 15.6 Å². The van der Waals surface area contributed by atoms with Gasteiger partial charge in [0.05, 0.1) is 22.6 Å². The Morgan fingerprint density at radius 3 is 2.84 bits per heavy atom. The van der Waals surface area contributed by atoms with Crippen molar-refractivity contribution in [1.82, 2.24) is 4.90 Å². The van der Waals surface area contributed by atoms with Crippen molar-refractivity contribution in [1.29, 1.82) is 0 Å². The second kappa shape index (κ2) is 5.55. The van der Waals surface area contributed by atoms with Crippen LogP contribution in [0.5, 0.6) is 0 Å². The number of fused-ring (bicyclic) bond motifs is 4. The van der Waals surface area contributed by atoms with Crippen LogP contribution in [0.25, 0.3) is 0 Å². The monoisotopic (exact) mass is 453 g/mol. The number of rotatable bonds is 0. The Labute approximate surface area is 185 Å². The number of hydrogen-bond donors (Lipinski definition) is 2. The van der Waals surface area contributed by atoms with E-state index in [1.807, 2.05) is 6.07 Å². The van der Waals surface area contributed by atoms with Gasteiger partial charge in [-0.15, -0.1) is 0 Å². The zero-order chi connectivity index (χ0) is 22.2. The predicted octanol–water partition coefficient (Wildman–Crippen LogP) is 1.87. The van der Waals surface area contributed by atoms with Gasteiger partial charge in [-0.3, -0.25) is 4.79 Å². The van der Waals surface area contributed by atoms with Crippen LogP contribution in [0.3, 0.4) is 0 Å². The SMILES string of the molecule is C[C@@]12CCCc3coc(c31)C(=O)c1cc3c(cc12)CC1=C2N(CCS1(=O)=O)[C@@H](O)C[C@]23O. The van der Waals surface area contributed by atoms with Gasteiger partial charge in [-0.2, -0.15) is 0 Å². The van der Waals surface area contributed by atoms with Gasteiger partial charge >= 0.3 is 0 Å². The number of benzene rings is 1. The topological polar surface area (TPSA) is 108 Å². The first-order valence-electron chi connectivity index (χ1n) is 11.1. The summed E-state index contributed by atoms with van der Waals surface area (Å²) < 4.78 is 31.6. The number of carbonyl (C=O) groups excluding carboxylic acids is 1. The van der Waals surface area contributed by atoms with Crippen LogP contribution in [0.1, 0.15) is 70.1 Å². The van der Waals surface area contributed by atoms with E-state index in [-0.39, 0.29) is 41.5 Å². The molecule has 7 nitrogen and oxygen atoms in total. The Balaban J connectivity index is 1.51. The summed E-state index contributed by atoms with van der Waals surface area (Å²) in [6.07, 6.45) is 3.60. The number of carbonyl (C=O) groups is 1. The molecular weight excluding hydrogens is 430 g/mol. The summed E-state index contributed by atoms with van der Waals surface area (Å²) in [7, 11) is -3.53. The van der Waals surface area contributed by atoms with Crippen LogP contribution >= 0.6 is 0 Å². The Bertz CT molecular complexity index is 1400. The van der Waals surface area contributed by atoms with Crippen LogP contribution in [0.15, 0.2) is 33.4 Å². The fourth-order valence-corrected chi connectivity index (χ4v) is 8.56. The number of aliphatic hydroxyl groups is 2. The van der Waals surface area contributed by atoms with E-state index in [4.69, 9.17) is 4.42 Å². The van der Waals surface area contributed by atoms with E-state index in [1.165, 1.54) is 0 Å². The minimum Gasteiger partial charge on any atom is -0.460 e. The second-order valence-electron chi connectivity index (χ2n) is 10.0. The number of hydrogen-bond acceptors (Lipinski definition) is 7. The van der Waals surface area contributed by atoms with E-state index in [0.29, 0.717) is 16.9 Å². The predicted molar refractivity (Wildman–Crippen MR) is 114 cm³/mol. The lowest BCUT2D eigenvalue weighted by Crippen LogP contribution is -2.43. The molecule has 32 heavy (non-hydrogen) atoms. The van der Waals surface area contributed by atoms with Crippen molar-refractivity contribution >= 4 is 15.6 Å². The number of ketones is 1. The fraction of sp³-hybridized carbons (Fsp3) is 0.458. The summed E-state index contributed by atoms with van der Waals surface area (Å²) in [5.41, 5.74) is 2.93. The Hall–Kier alpha value is -2.42. The van der Waals surface area contributed by atoms with Crippen LogP contribution in [-0.4, -0.2) is 47.8 Å². The summed E-state index contributed by atoms with van der Waals surface area (Å²) in [6.45, 7) is 2.28. The number of sulfone groups is 1. The summed E-state index contributed by atoms with van der Waals surface area (Å²) in [4.78, 5) is 15.3. The molecule has 166 valence electrons. The van der Waals surface area contributed by atoms with Gasteiger partial charge in [0.1, 0.15) is 11.8 Å². The van der Waals surface area contributed by atoms with Gasteiger partial charge in [0, 0.05) is 35.9 Å². The highest BCUT2D eigenvalue weighted by molar-refractivity contribution is 7.95. The highest BCUT2D eigenvalue weighted by Gasteiger charge is 2.56. The molecule has 1 aromatic carbocycles. The normalized spacial score (nSPS) is 33.5. The lowest BCUT2D eigenvalue weighted by Gasteiger charge is -2.42. The van der Waals surface area contributed by atoms with E-state index in [9.17, 15) is 23.4 Å². The van der Waals surface area contributed by atoms with E-state index in [0.717, 1.165) is 41.5 Å². The molecule has 8 heteroatoms. The molecule has 3 heterocycles. The Morgan fingerprint density at radius 1 is 1.22 bits per heavy atom. The standard InChI is InChI=1S/C24H23NO6S/c1-23-4-2-3-12-11-31-21(19(12)23)20(27)14-9-15-13(7-16(14)23)8-17-22-24(15,28)10-18(26)25(22)5-6-32(17,29)30/h7,9,11,18,26,28H,2-6,8,10H2,1H3/t18-,23-,24+/m0/s1. The molecule has 7 rings (SSSR count). The number of aliphatic hydroxyl groups excluding tert-OH is 1. The third-order valence-electron chi connectivity index (χ3n) is 8.38. The first kappa shape index (κ1) is 19.1. The molecular formula is C24H23NO6S. The van der Waals surface area contributed by atoms with Gasteiger partial charge in [-0.05, 0) is 47.6 Å². The van der Waals surface area contributed by atoms with Gasteiger partial charge < -0.3 is 19.5 Å². The van der Waals surface area contributed by atoms with Crippen LogP contribution in [0.4, 0.5) is 0 Å². The van der Waals surface area contributed by atoms with Crippen molar-refractivity contribution < 1.29 is 27.8 Å². The largest absolute Gasteiger partial charge is 0.460 e. The molecule has 2 aromatic rings. The molecule has 5 aliphatic rings. The quantitative estimate of drug-likeness (QED) is 0.627. The van der Waals surface area contributed by atoms with Crippen molar-refractivity contribution in [3.8, 4) is 0 Å². The van der Waals surface area contributed by atoms with Gasteiger partial charge in [0.2, 0.25) is 5.78 Å². The maximum Gasteiger partial charge on any atom is 0.228 e. The van der Waals surface area contributed by atoms with Crippen molar-refractivity contribution in [3.05, 3.63) is 68.1 Å². The molecule has 0 bridgehead atoms. The Morgan fingerprint density at radius 2 is 2.03 bits per heavy atom. The third kappa shape index (κ3) is 2.01. The maximum atomic E-state index is 13.5. The van der Waals surface area contributed by atoms with Crippen LogP contribution in [-0.2, 0) is 33.7 Å². The molecule has 0 radical (unpaired) electrons. The number of allylic oxidation sites excluding steroid dienone is 1. The minimum absolute atomic E-state index is 0.0191. The molecule has 0 spiro atoms. The van der Waals surface area contributed by atoms with Crippen LogP contribution in [0.2, 0.25) is 0 Å². The van der Waals surface area contributed by atoms with Crippen molar-refractivity contribution in [2.24, 2.45) is 0 Å². The number of nitrogens with zero attached hydrogens (tertiary/aromatic N) is 1. The van der Waals surface area contributed by atoms with E-state index < -0.39 is 27.1 Å². The highest BCUT2D eigenvalue weighted by atomic mass is 32.2. The smallest absolute Gasteiger partial charge is 0.228 e. The zero-order valence-corrected chi connectivity index (χ0v) is 18.5. The molecule has 3 aliphatic carbocycles. The first-order valence-corrected chi connectivity index (χ1v) is 12.8. The summed E-state index contributed by atoms with van der Waals surface area (Å²) >= 11 is 0. The second-order valence-corrected chi connectivity index (χ2v) is 12.2. The van der Waals surface area contributed by atoms with Crippen LogP contribution < -0.4 is 0 Å². The van der Waals surface area contributed by atoms with E-state index in [1.54, 1.807) is 17.2 Å². The molecule has 0 unspecified atom stereocenters. The average molecular weight is 454 g/mol. The first-order chi connectivity index (χ1) is 15.1. The van der Waals surface area contributed by atoms with Crippen molar-refractivity contribution in [3.63, 3.8) is 0 Å². The van der Waals surface area contributed by atoms with Gasteiger partial charge in [0.25, 0.3) is 0 Å². The average Bonchev–Trinajstić information content (AvgIpc) is 3.29. The maximum absolute atomic E-state index is 13.5. The lowest BCUT2D eigenvalue weighted by atomic mass is 9.62. The molecule has 1 aromatic heterocycles. The van der Waals surface area contributed by atoms with Crippen LogP contribution in [0, 0.1) is 0 Å². The molecule has 1 saturated heterocycles. The summed E-state index contributed by atoms with van der Waals surface area (Å²) in [6, 6.07) is 3.67. The van der Waals surface area contributed by atoms with Crippen molar-refractivity contribution in [2.45, 2.75) is 56.3 Å². The molecule has 0 saturated carbocycles. The highest BCUT2D eigenvalue weighted by Crippen LogP contribution is 2.55. The summed E-state index contributed by atoms with van der Waals surface area (Å²) in [5.74, 6) is 0.112. The lowest BCUT2D eigenvalue weighted by molar-refractivity contribution is 0.0343. The fourth-order valence-electron chi connectivity index (χ4n) is 6.92. The molecule has 0 amide bonds. The summed E-state index contributed by atoms with van der Waals surface area (Å²) in [5, 5.41) is 22.4. The third-order valence-corrected chi connectivity index (χ3v) is 10.2. The minimum atomic E-state index is -3.53. The molecule has 1 fully saturated rings. The number of aryl methyl sites for hydroxylation is 1. The zero-order valence-electron chi connectivity index (χ0n) is 17.6. The molecule has 3 atom stereocenters. The van der Waals surface area contributed by atoms with Crippen molar-refractivity contribution in [2.75, 3.05) is 12.3 Å².